The molecular weight excluding hydrogens is 1800 g/mol. The molecule has 4 unspecified atom stereocenters. The minimum absolute atomic E-state index is 0.509. The zero-order valence-electron chi connectivity index (χ0n) is 111. The molecule has 149 heavy (non-hydrogen) atoms. The molecule has 0 amide bonds. The molecule has 0 spiro atoms. The predicted molar refractivity (Wildman–Crippen MR) is 680 cm³/mol. The zero-order valence-corrected chi connectivity index (χ0v) is 111. The Kier molecular flexibility index (Phi) is 81.1. The molecule has 16 aliphatic rings. The van der Waals surface area contributed by atoms with Crippen LogP contribution in [-0.4, -0.2) is 24.2 Å². The average molecular weight is 2090 g/mol. The van der Waals surface area contributed by atoms with Crippen molar-refractivity contribution >= 4 is 0 Å². The van der Waals surface area contributed by atoms with Gasteiger partial charge in [0.2, 0.25) is 0 Å². The van der Waals surface area contributed by atoms with Crippen LogP contribution in [-0.2, 0) is 0 Å². The van der Waals surface area contributed by atoms with Gasteiger partial charge in [-0.1, -0.05) is 427 Å². The highest BCUT2D eigenvalue weighted by atomic mass is 14.7. The van der Waals surface area contributed by atoms with E-state index in [4.69, 9.17) is 22.9 Å². The maximum Gasteiger partial charge on any atom is 0.00416 e. The molecule has 0 aromatic rings. The van der Waals surface area contributed by atoms with E-state index in [1.54, 1.807) is 0 Å². The second kappa shape index (κ2) is 82.3. The summed E-state index contributed by atoms with van der Waals surface area (Å²) in [5.41, 5.74) is 23.2. The molecule has 894 valence electrons. The summed E-state index contributed by atoms with van der Waals surface area (Å²) >= 11 is 0. The third kappa shape index (κ3) is 69.4. The molecule has 0 aromatic heterocycles. The molecule has 16 fully saturated rings. The molecule has 8 N–H and O–H groups in total. The number of nitrogens with two attached hydrogens (primary N) is 4. The minimum Gasteiger partial charge on any atom is -0.328 e. The molecule has 16 saturated carbocycles. The summed E-state index contributed by atoms with van der Waals surface area (Å²) in [6.45, 7) is 103. The van der Waals surface area contributed by atoms with Crippen molar-refractivity contribution < 1.29 is 0 Å². The van der Waals surface area contributed by atoms with E-state index >= 15 is 0 Å². The average Bonchev–Trinajstić information content (AvgIpc) is 1.85. The van der Waals surface area contributed by atoms with Crippen molar-refractivity contribution in [2.75, 3.05) is 0 Å². The molecule has 4 heteroatoms. The van der Waals surface area contributed by atoms with Crippen LogP contribution in [0.15, 0.2) is 0 Å². The van der Waals surface area contributed by atoms with Crippen LogP contribution >= 0.6 is 0 Å². The van der Waals surface area contributed by atoms with Gasteiger partial charge in [0, 0.05) is 24.2 Å². The van der Waals surface area contributed by atoms with Gasteiger partial charge in [-0.15, -0.1) is 0 Å². The fraction of sp³-hybridized carbons (Fsp3) is 1.00. The van der Waals surface area contributed by atoms with Crippen LogP contribution in [0.2, 0.25) is 0 Å². The summed E-state index contributed by atoms with van der Waals surface area (Å²) in [6.07, 6.45) is 75.8. The molecule has 20 atom stereocenters. The van der Waals surface area contributed by atoms with Crippen molar-refractivity contribution in [3.05, 3.63) is 0 Å². The summed E-state index contributed by atoms with van der Waals surface area (Å²) in [5, 5.41) is 0. The van der Waals surface area contributed by atoms with Gasteiger partial charge in [-0.05, 0) is 479 Å². The fourth-order valence-electron chi connectivity index (χ4n) is 29.5. The van der Waals surface area contributed by atoms with Crippen LogP contribution in [0.5, 0.6) is 0 Å². The van der Waals surface area contributed by atoms with Crippen molar-refractivity contribution in [1.29, 1.82) is 0 Å². The smallest absolute Gasteiger partial charge is 0.00416 e. The highest BCUT2D eigenvalue weighted by Gasteiger charge is 2.35. The third-order valence-corrected chi connectivity index (χ3v) is 43.1. The van der Waals surface area contributed by atoms with E-state index in [9.17, 15) is 0 Å². The maximum atomic E-state index is 5.80. The molecule has 0 saturated heterocycles. The van der Waals surface area contributed by atoms with E-state index in [-0.39, 0.29) is 0 Å². The van der Waals surface area contributed by atoms with Gasteiger partial charge in [0.15, 0.2) is 0 Å². The van der Waals surface area contributed by atoms with E-state index in [0.717, 1.165) is 260 Å². The number of hydrogen-bond donors (Lipinski definition) is 4. The summed E-state index contributed by atoms with van der Waals surface area (Å²) in [6, 6.07) is 2.04. The van der Waals surface area contributed by atoms with E-state index in [2.05, 4.69) is 305 Å². The minimum atomic E-state index is 0.509. The van der Waals surface area contributed by atoms with Crippen LogP contribution in [0.25, 0.3) is 0 Å². The molecular formula is C145H294N4. The van der Waals surface area contributed by atoms with Gasteiger partial charge in [0.1, 0.15) is 0 Å². The largest absolute Gasteiger partial charge is 0.328 e. The lowest BCUT2D eigenvalue weighted by Crippen LogP contribution is -2.28. The molecule has 0 aromatic carbocycles. The highest BCUT2D eigenvalue weighted by Crippen LogP contribution is 2.46. The molecule has 0 heterocycles. The zero-order chi connectivity index (χ0) is 113. The second-order valence-electron chi connectivity index (χ2n) is 63.1. The normalized spacial score (nSPS) is 35.6. The quantitative estimate of drug-likeness (QED) is 0.124. The molecule has 4 nitrogen and oxygen atoms in total. The van der Waals surface area contributed by atoms with E-state index in [1.807, 2.05) is 0 Å². The van der Waals surface area contributed by atoms with E-state index < -0.39 is 0 Å². The standard InChI is InChI=1S/5C10H20.3C9H19N.4C9H18.C8H17N.3C8H16/c5*1-8(2)10-6-4-5-9(3)7-10;3*1-7(2)8-3-5-9(10)6-4-8;4*1-7(2)9-5-4-8(3)6-9;1-6(2)7-3-4-8(9)5-7;3*1-6(2)8-4-7(3)5-8/h5*8-10H,4-7H2,1-3H3;3*7-9H,3-6,10H2,1-2H3;4*7-9H,4-6H2,1-3H3;6-8H,3-5,9H2,1-2H3;3*6-8H,4-5H2,1-3H3/t9-,10+;3*9-,10-;;;;;2*8-,9+;2*8-,9-;;;;/m1110....1010..../s1. The monoisotopic (exact) mass is 2090 g/mol. The molecule has 0 radical (unpaired) electrons. The van der Waals surface area contributed by atoms with Crippen LogP contribution < -0.4 is 22.9 Å². The van der Waals surface area contributed by atoms with Gasteiger partial charge in [0.05, 0.1) is 0 Å². The number of rotatable bonds is 16. The SMILES string of the molecule is CC(C)C1CCC(N)C1.CC(C)C1CCC(N)CC1.CC(C)C1CCC(N)CC1.CC(C)C1CCC(N)CC1.CC(C)[C@@H]1CCC[C@@H](C)C1.CC(C)[C@@H]1CCC[C@@H](C)C1.CC(C)[C@@H]1CC[C@@H](C)C1.CC(C)[C@@H]1CC[C@H](C)C1.CC(C)[C@H]1CCC[C@@H](C)C1.CC(C)[C@H]1CCC[C@H](C)C1.CC(C)[C@H]1CC[C@@H](C)C1.CC(C)[C@H]1CC[C@H](C)C1.CC1CC(C(C)C)C1.CC1CC(C(C)C)C1.CC1CC(C(C)C)C1.CC1CCCC(C(C)C)C1. The molecule has 16 rings (SSSR count). The predicted octanol–water partition coefficient (Wildman–Crippen LogP) is 46.0. The van der Waals surface area contributed by atoms with Gasteiger partial charge in [-0.3, -0.25) is 0 Å². The van der Waals surface area contributed by atoms with Gasteiger partial charge in [-0.2, -0.15) is 0 Å². The Hall–Kier alpha value is -0.160. The number of hydrogen-bond acceptors (Lipinski definition) is 4. The van der Waals surface area contributed by atoms with Crippen LogP contribution in [0.3, 0.4) is 0 Å². The summed E-state index contributed by atoms with van der Waals surface area (Å²) < 4.78 is 0. The fourth-order valence-corrected chi connectivity index (χ4v) is 29.5. The first-order valence-corrected chi connectivity index (χ1v) is 68.7. The van der Waals surface area contributed by atoms with E-state index in [1.165, 1.54) is 340 Å². The topological polar surface area (TPSA) is 104 Å². The molecule has 0 bridgehead atoms. The second-order valence-corrected chi connectivity index (χ2v) is 63.1. The summed E-state index contributed by atoms with van der Waals surface area (Å²) in [7, 11) is 0. The Morgan fingerprint density at radius 2 is 0.208 bits per heavy atom. The van der Waals surface area contributed by atoms with Crippen molar-refractivity contribution in [1.82, 2.24) is 0 Å². The lowest BCUT2D eigenvalue weighted by Gasteiger charge is -2.35. The molecule has 0 aliphatic heterocycles. The first kappa shape index (κ1) is 147. The van der Waals surface area contributed by atoms with Crippen molar-refractivity contribution in [3.8, 4) is 0 Å². The van der Waals surface area contributed by atoms with Gasteiger partial charge >= 0.3 is 0 Å². The summed E-state index contributed by atoms with van der Waals surface area (Å²) in [4.78, 5) is 0. The van der Waals surface area contributed by atoms with Gasteiger partial charge in [-0.25, -0.2) is 0 Å². The highest BCUT2D eigenvalue weighted by molar-refractivity contribution is 4.87. The maximum absolute atomic E-state index is 5.80. The Bertz CT molecular complexity index is 2550. The lowest BCUT2D eigenvalue weighted by molar-refractivity contribution is 0.156. The van der Waals surface area contributed by atoms with Gasteiger partial charge < -0.3 is 22.9 Å². The Morgan fingerprint density at radius 3 is 0.295 bits per heavy atom. The first-order chi connectivity index (χ1) is 69.7. The molecule has 16 aliphatic carbocycles. The van der Waals surface area contributed by atoms with Crippen molar-refractivity contribution in [2.45, 2.75) is 669 Å². The Balaban J connectivity index is 0.000000795. The van der Waals surface area contributed by atoms with Crippen molar-refractivity contribution in [2.24, 2.45) is 283 Å². The summed E-state index contributed by atoms with van der Waals surface area (Å²) in [5.74, 6) is 43.0. The third-order valence-electron chi connectivity index (χ3n) is 43.1. The van der Waals surface area contributed by atoms with Gasteiger partial charge in [0.25, 0.3) is 0 Å². The van der Waals surface area contributed by atoms with Crippen LogP contribution in [0, 0.1) is 260 Å². The van der Waals surface area contributed by atoms with Crippen molar-refractivity contribution in [3.63, 3.8) is 0 Å². The van der Waals surface area contributed by atoms with Crippen LogP contribution in [0.4, 0.5) is 0 Å². The Morgan fingerprint density at radius 1 is 0.101 bits per heavy atom. The first-order valence-electron chi connectivity index (χ1n) is 68.7. The van der Waals surface area contributed by atoms with Crippen LogP contribution in [0.1, 0.15) is 645 Å². The Labute approximate surface area is 946 Å². The lowest BCUT2D eigenvalue weighted by atomic mass is 9.71. The van der Waals surface area contributed by atoms with E-state index in [0.29, 0.717) is 24.2 Å².